The van der Waals surface area contributed by atoms with Gasteiger partial charge in [-0.1, -0.05) is 140 Å². The summed E-state index contributed by atoms with van der Waals surface area (Å²) in [6, 6.07) is 21.5. The van der Waals surface area contributed by atoms with Gasteiger partial charge in [0.05, 0.1) is 6.10 Å². The molecule has 0 aromatic heterocycles. The average Bonchev–Trinajstić information content (AvgIpc) is 2.95. The number of benzene rings is 2. The standard InChI is InChI=1S/C37H60O5Si2/c1-35(2,3)43(10,11)41-27-25-31(28-38)34(40-30-39-9)24-18-19-26-37(7,8)29-42-44(36(4,5)6,32-20-14-12-15-21-32)33-22-16-13-17-23-33/h12-24,26,31,34,38H,25,27-30H2,1-11H3/b24-18+,26-19+/t31-,34-/m1/s1. The first-order chi connectivity index (χ1) is 20.5. The van der Waals surface area contributed by atoms with Gasteiger partial charge in [-0.05, 0) is 40.0 Å². The van der Waals surface area contributed by atoms with Gasteiger partial charge in [0.1, 0.15) is 6.79 Å². The van der Waals surface area contributed by atoms with Crippen LogP contribution in [0.5, 0.6) is 0 Å². The van der Waals surface area contributed by atoms with Crippen LogP contribution in [-0.4, -0.2) is 61.6 Å². The van der Waals surface area contributed by atoms with Gasteiger partial charge in [0.25, 0.3) is 8.32 Å². The quantitative estimate of drug-likeness (QED) is 0.109. The molecule has 246 valence electrons. The molecule has 0 heterocycles. The lowest BCUT2D eigenvalue weighted by Gasteiger charge is -2.44. The van der Waals surface area contributed by atoms with Crippen LogP contribution in [0.25, 0.3) is 0 Å². The van der Waals surface area contributed by atoms with Gasteiger partial charge >= 0.3 is 0 Å². The Hall–Kier alpha value is -1.85. The molecular formula is C37H60O5Si2. The highest BCUT2D eigenvalue weighted by atomic mass is 28.4. The molecule has 0 aliphatic heterocycles. The fourth-order valence-corrected chi connectivity index (χ4v) is 10.9. The van der Waals surface area contributed by atoms with Gasteiger partial charge in [-0.15, -0.1) is 0 Å². The topological polar surface area (TPSA) is 57.2 Å². The van der Waals surface area contributed by atoms with Crippen molar-refractivity contribution < 1.29 is 23.4 Å². The molecule has 0 saturated heterocycles. The van der Waals surface area contributed by atoms with E-state index in [4.69, 9.17) is 18.3 Å². The van der Waals surface area contributed by atoms with Crippen molar-refractivity contribution in [3.05, 3.63) is 85.0 Å². The molecule has 5 nitrogen and oxygen atoms in total. The summed E-state index contributed by atoms with van der Waals surface area (Å²) in [4.78, 5) is 0. The predicted octanol–water partition coefficient (Wildman–Crippen LogP) is 7.71. The van der Waals surface area contributed by atoms with E-state index in [0.717, 1.165) is 0 Å². The molecule has 44 heavy (non-hydrogen) atoms. The van der Waals surface area contributed by atoms with Gasteiger partial charge in [-0.2, -0.15) is 0 Å². The molecule has 1 N–H and O–H groups in total. The molecule has 0 aliphatic carbocycles. The van der Waals surface area contributed by atoms with Gasteiger partial charge in [0, 0.05) is 38.3 Å². The third kappa shape index (κ3) is 10.6. The van der Waals surface area contributed by atoms with Crippen molar-refractivity contribution >= 4 is 27.0 Å². The number of methoxy groups -OCH3 is 1. The van der Waals surface area contributed by atoms with E-state index in [2.05, 4.69) is 141 Å². The summed E-state index contributed by atoms with van der Waals surface area (Å²) >= 11 is 0. The van der Waals surface area contributed by atoms with Crippen LogP contribution in [0.4, 0.5) is 0 Å². The molecule has 2 aromatic rings. The van der Waals surface area contributed by atoms with Crippen LogP contribution in [0.2, 0.25) is 23.2 Å². The largest absolute Gasteiger partial charge is 0.417 e. The lowest BCUT2D eigenvalue weighted by atomic mass is 9.94. The summed E-state index contributed by atoms with van der Waals surface area (Å²) in [5.41, 5.74) is -0.215. The smallest absolute Gasteiger partial charge is 0.261 e. The monoisotopic (exact) mass is 640 g/mol. The minimum absolute atomic E-state index is 0.0150. The third-order valence-corrected chi connectivity index (χ3v) is 18.4. The molecule has 0 amide bonds. The Morgan fingerprint density at radius 2 is 1.32 bits per heavy atom. The first-order valence-electron chi connectivity index (χ1n) is 16.0. The normalized spacial score (nSPS) is 15.3. The van der Waals surface area contributed by atoms with E-state index in [1.54, 1.807) is 7.11 Å². The first-order valence-corrected chi connectivity index (χ1v) is 20.8. The van der Waals surface area contributed by atoms with Crippen LogP contribution >= 0.6 is 0 Å². The highest BCUT2D eigenvalue weighted by Gasteiger charge is 2.50. The fourth-order valence-electron chi connectivity index (χ4n) is 5.13. The van der Waals surface area contributed by atoms with Gasteiger partial charge in [0.2, 0.25) is 0 Å². The number of ether oxygens (including phenoxy) is 2. The molecule has 0 fully saturated rings. The zero-order valence-electron chi connectivity index (χ0n) is 29.4. The van der Waals surface area contributed by atoms with Crippen molar-refractivity contribution in [3.63, 3.8) is 0 Å². The molecule has 2 atom stereocenters. The number of allylic oxidation sites excluding steroid dienone is 2. The van der Waals surface area contributed by atoms with E-state index in [0.29, 0.717) is 19.6 Å². The molecule has 0 saturated carbocycles. The highest BCUT2D eigenvalue weighted by Crippen LogP contribution is 2.38. The number of rotatable bonds is 17. The highest BCUT2D eigenvalue weighted by molar-refractivity contribution is 6.99. The number of aliphatic hydroxyl groups is 1. The van der Waals surface area contributed by atoms with E-state index in [1.807, 2.05) is 12.2 Å². The van der Waals surface area contributed by atoms with Gasteiger partial charge in [-0.25, -0.2) is 0 Å². The molecule has 0 unspecified atom stereocenters. The summed E-state index contributed by atoms with van der Waals surface area (Å²) in [5.74, 6) is -0.0916. The Kier molecular flexibility index (Phi) is 14.5. The molecule has 0 aliphatic rings. The lowest BCUT2D eigenvalue weighted by molar-refractivity contribution is -0.0818. The van der Waals surface area contributed by atoms with Crippen LogP contribution in [0.3, 0.4) is 0 Å². The van der Waals surface area contributed by atoms with Crippen molar-refractivity contribution in [2.75, 3.05) is 33.7 Å². The van der Waals surface area contributed by atoms with E-state index < -0.39 is 16.6 Å². The maximum Gasteiger partial charge on any atom is 0.261 e. The molecule has 0 spiro atoms. The van der Waals surface area contributed by atoms with E-state index in [-0.39, 0.29) is 40.9 Å². The summed E-state index contributed by atoms with van der Waals surface area (Å²) in [6.45, 7) is 23.9. The fraction of sp³-hybridized carbons (Fsp3) is 0.568. The maximum atomic E-state index is 10.2. The zero-order chi connectivity index (χ0) is 33.1. The SMILES string of the molecule is COCO[C@H](/C=C/C=C/C(C)(C)CO[Si](c1ccccc1)(c1ccccc1)C(C)(C)C)[C@@H](CO)CCO[Si](C)(C)C(C)(C)C. The van der Waals surface area contributed by atoms with Crippen LogP contribution < -0.4 is 10.4 Å². The van der Waals surface area contributed by atoms with Crippen LogP contribution in [0, 0.1) is 11.3 Å². The minimum atomic E-state index is -2.62. The average molecular weight is 641 g/mol. The Morgan fingerprint density at radius 1 is 0.773 bits per heavy atom. The van der Waals surface area contributed by atoms with Crippen molar-refractivity contribution in [2.45, 2.75) is 91.1 Å². The van der Waals surface area contributed by atoms with Crippen molar-refractivity contribution in [3.8, 4) is 0 Å². The van der Waals surface area contributed by atoms with E-state index in [9.17, 15) is 5.11 Å². The van der Waals surface area contributed by atoms with Crippen LogP contribution in [0.15, 0.2) is 85.0 Å². The zero-order valence-corrected chi connectivity index (χ0v) is 31.4. The van der Waals surface area contributed by atoms with E-state index in [1.165, 1.54) is 10.4 Å². The Labute approximate surface area is 270 Å². The first kappa shape index (κ1) is 38.3. The second-order valence-corrected chi connectivity index (χ2v) is 24.2. The van der Waals surface area contributed by atoms with Gasteiger partial charge < -0.3 is 23.4 Å². The molecule has 2 aromatic carbocycles. The number of hydrogen-bond acceptors (Lipinski definition) is 5. The number of hydrogen-bond donors (Lipinski definition) is 1. The number of aliphatic hydroxyl groups excluding tert-OH is 1. The Morgan fingerprint density at radius 3 is 1.77 bits per heavy atom. The predicted molar refractivity (Wildman–Crippen MR) is 191 cm³/mol. The lowest BCUT2D eigenvalue weighted by Crippen LogP contribution is -2.67. The van der Waals surface area contributed by atoms with E-state index >= 15 is 0 Å². The van der Waals surface area contributed by atoms with Crippen LogP contribution in [0.1, 0.15) is 61.8 Å². The summed E-state index contributed by atoms with van der Waals surface area (Å²) in [5, 5.41) is 12.9. The summed E-state index contributed by atoms with van der Waals surface area (Å²) in [7, 11) is -2.86. The second-order valence-electron chi connectivity index (χ2n) is 15.1. The summed E-state index contributed by atoms with van der Waals surface area (Å²) < 4.78 is 24.8. The Bertz CT molecular complexity index is 1110. The molecule has 2 rings (SSSR count). The van der Waals surface area contributed by atoms with Crippen molar-refractivity contribution in [1.29, 1.82) is 0 Å². The third-order valence-electron chi connectivity index (χ3n) is 8.87. The molecule has 0 bridgehead atoms. The summed E-state index contributed by atoms with van der Waals surface area (Å²) in [6.07, 6.45) is 8.72. The van der Waals surface area contributed by atoms with Gasteiger partial charge in [0.15, 0.2) is 8.32 Å². The molecule has 0 radical (unpaired) electrons. The molecular weight excluding hydrogens is 581 g/mol. The van der Waals surface area contributed by atoms with Gasteiger partial charge in [-0.3, -0.25) is 0 Å². The van der Waals surface area contributed by atoms with Crippen molar-refractivity contribution in [1.82, 2.24) is 0 Å². The maximum absolute atomic E-state index is 10.2. The minimum Gasteiger partial charge on any atom is -0.417 e. The Balaban J connectivity index is 2.21. The molecule has 7 heteroatoms. The van der Waals surface area contributed by atoms with Crippen molar-refractivity contribution in [2.24, 2.45) is 11.3 Å². The van der Waals surface area contributed by atoms with Crippen LogP contribution in [-0.2, 0) is 18.3 Å². The second kappa shape index (κ2) is 16.6.